The average Bonchev–Trinajstić information content (AvgIpc) is 2.54. The van der Waals surface area contributed by atoms with E-state index in [1.165, 1.54) is 11.1 Å². The Balaban J connectivity index is 0.00000529. The molecule has 0 heterocycles. The molecule has 24 heavy (non-hydrogen) atoms. The zero-order valence-corrected chi connectivity index (χ0v) is 17.6. The van der Waals surface area contributed by atoms with E-state index in [1.54, 1.807) is 7.11 Å². The summed E-state index contributed by atoms with van der Waals surface area (Å²) in [6, 6.07) is 8.51. The highest BCUT2D eigenvalue weighted by Crippen LogP contribution is 2.11. The fraction of sp³-hybridized carbons (Fsp3) is 0.611. The molecule has 0 saturated heterocycles. The van der Waals surface area contributed by atoms with Crippen LogP contribution >= 0.6 is 24.0 Å². The molecule has 0 amide bonds. The molecule has 2 N–H and O–H groups in total. The van der Waals surface area contributed by atoms with Crippen LogP contribution in [0.25, 0.3) is 0 Å². The lowest BCUT2D eigenvalue weighted by molar-refractivity contribution is 0.121. The molecule has 0 aliphatic carbocycles. The Morgan fingerprint density at radius 3 is 2.54 bits per heavy atom. The van der Waals surface area contributed by atoms with Crippen LogP contribution in [0, 0.1) is 0 Å². The largest absolute Gasteiger partial charge is 0.383 e. The number of hydrogen-bond acceptors (Lipinski definition) is 3. The molecule has 1 aromatic carbocycles. The number of benzene rings is 1. The fourth-order valence-electron chi connectivity index (χ4n) is 2.19. The van der Waals surface area contributed by atoms with E-state index < -0.39 is 0 Å². The van der Waals surface area contributed by atoms with Crippen LogP contribution in [0.3, 0.4) is 0 Å². The molecule has 0 aromatic heterocycles. The van der Waals surface area contributed by atoms with Crippen molar-refractivity contribution in [1.29, 1.82) is 0 Å². The Kier molecular flexibility index (Phi) is 14.0. The molecule has 0 spiro atoms. The first-order valence-corrected chi connectivity index (χ1v) is 8.39. The summed E-state index contributed by atoms with van der Waals surface area (Å²) in [5.74, 6) is 0.807. The molecule has 6 heteroatoms. The van der Waals surface area contributed by atoms with E-state index in [0.717, 1.165) is 25.5 Å². The van der Waals surface area contributed by atoms with Crippen molar-refractivity contribution in [3.8, 4) is 0 Å². The smallest absolute Gasteiger partial charge is 0.191 e. The Bertz CT molecular complexity index is 469. The maximum absolute atomic E-state index is 5.66. The molecular formula is C18H32IN3O2. The van der Waals surface area contributed by atoms with Crippen LogP contribution in [0.4, 0.5) is 0 Å². The number of aliphatic imine (C=N–C) groups is 1. The summed E-state index contributed by atoms with van der Waals surface area (Å²) in [5, 5.41) is 6.61. The Morgan fingerprint density at radius 1 is 1.21 bits per heavy atom. The summed E-state index contributed by atoms with van der Waals surface area (Å²) in [5.41, 5.74) is 2.39. The van der Waals surface area contributed by atoms with E-state index in [1.807, 2.05) is 12.1 Å². The van der Waals surface area contributed by atoms with Gasteiger partial charge in [0, 0.05) is 26.3 Å². The van der Waals surface area contributed by atoms with E-state index in [9.17, 15) is 0 Å². The second-order valence-electron chi connectivity index (χ2n) is 5.52. The van der Waals surface area contributed by atoms with Crippen LogP contribution in [-0.4, -0.2) is 38.9 Å². The molecule has 1 unspecified atom stereocenters. The predicted octanol–water partition coefficient (Wildman–Crippen LogP) is 3.32. The number of guanidine groups is 1. The minimum absolute atomic E-state index is 0. The van der Waals surface area contributed by atoms with Crippen LogP contribution in [0.1, 0.15) is 38.3 Å². The van der Waals surface area contributed by atoms with Gasteiger partial charge in [-0.05, 0) is 31.4 Å². The van der Waals surface area contributed by atoms with Crippen molar-refractivity contribution < 1.29 is 9.47 Å². The van der Waals surface area contributed by atoms with Gasteiger partial charge in [0.15, 0.2) is 5.96 Å². The Hall–Kier alpha value is -0.860. The normalized spacial score (nSPS) is 12.4. The van der Waals surface area contributed by atoms with Crippen molar-refractivity contribution >= 4 is 29.9 Å². The maximum Gasteiger partial charge on any atom is 0.191 e. The van der Waals surface area contributed by atoms with Crippen LogP contribution < -0.4 is 10.6 Å². The predicted molar refractivity (Wildman–Crippen MR) is 111 cm³/mol. The van der Waals surface area contributed by atoms with Crippen molar-refractivity contribution in [3.63, 3.8) is 0 Å². The molecule has 5 nitrogen and oxygen atoms in total. The van der Waals surface area contributed by atoms with Gasteiger partial charge in [-0.25, -0.2) is 4.99 Å². The van der Waals surface area contributed by atoms with Crippen LogP contribution in [-0.2, 0) is 22.6 Å². The van der Waals surface area contributed by atoms with E-state index >= 15 is 0 Å². The van der Waals surface area contributed by atoms with Gasteiger partial charge in [0.05, 0.1) is 19.8 Å². The summed E-state index contributed by atoms with van der Waals surface area (Å²) in [4.78, 5) is 4.68. The van der Waals surface area contributed by atoms with E-state index in [-0.39, 0.29) is 30.0 Å². The summed E-state index contributed by atoms with van der Waals surface area (Å²) < 4.78 is 10.8. The molecule has 138 valence electrons. The molecule has 0 radical (unpaired) electrons. The van der Waals surface area contributed by atoms with Crippen molar-refractivity contribution in [1.82, 2.24) is 10.6 Å². The van der Waals surface area contributed by atoms with Gasteiger partial charge in [-0.1, -0.05) is 31.2 Å². The summed E-state index contributed by atoms with van der Waals surface area (Å²) in [6.07, 6.45) is 1.03. The highest BCUT2D eigenvalue weighted by Gasteiger charge is 2.06. The molecule has 0 bridgehead atoms. The second kappa shape index (κ2) is 14.5. The molecule has 1 aromatic rings. The van der Waals surface area contributed by atoms with E-state index in [2.05, 4.69) is 48.5 Å². The first kappa shape index (κ1) is 23.1. The standard InChI is InChI=1S/C18H31N3O2.HI/c1-5-11-23-14-17-10-8-7-9-16(17)12-20-18(19-6-2)21-15(3)13-22-4;/h7-10,15H,5-6,11-14H2,1-4H3,(H2,19,20,21);1H. The lowest BCUT2D eigenvalue weighted by atomic mass is 10.1. The van der Waals surface area contributed by atoms with E-state index in [4.69, 9.17) is 9.47 Å². The summed E-state index contributed by atoms with van der Waals surface area (Å²) >= 11 is 0. The highest BCUT2D eigenvalue weighted by molar-refractivity contribution is 14.0. The number of ether oxygens (including phenoxy) is 2. The minimum Gasteiger partial charge on any atom is -0.383 e. The van der Waals surface area contributed by atoms with Gasteiger partial charge in [0.1, 0.15) is 0 Å². The Labute approximate surface area is 163 Å². The lowest BCUT2D eigenvalue weighted by Gasteiger charge is -2.17. The van der Waals surface area contributed by atoms with Gasteiger partial charge in [-0.15, -0.1) is 24.0 Å². The molecule has 1 atom stereocenters. The summed E-state index contributed by atoms with van der Waals surface area (Å²) in [7, 11) is 1.70. The van der Waals surface area contributed by atoms with Gasteiger partial charge in [0.2, 0.25) is 0 Å². The number of halogens is 1. The van der Waals surface area contributed by atoms with Gasteiger partial charge >= 0.3 is 0 Å². The zero-order valence-electron chi connectivity index (χ0n) is 15.3. The third kappa shape index (κ3) is 9.44. The topological polar surface area (TPSA) is 54.9 Å². The first-order chi connectivity index (χ1) is 11.2. The second-order valence-corrected chi connectivity index (χ2v) is 5.52. The third-order valence-electron chi connectivity index (χ3n) is 3.28. The quantitative estimate of drug-likeness (QED) is 0.249. The minimum atomic E-state index is 0. The molecule has 0 aliphatic rings. The van der Waals surface area contributed by atoms with Crippen molar-refractivity contribution in [2.75, 3.05) is 26.9 Å². The highest BCUT2D eigenvalue weighted by atomic mass is 127. The Morgan fingerprint density at radius 2 is 1.92 bits per heavy atom. The van der Waals surface area contributed by atoms with E-state index in [0.29, 0.717) is 19.8 Å². The SMILES string of the molecule is CCCOCc1ccccc1CN=C(NCC)NC(C)COC.I. The third-order valence-corrected chi connectivity index (χ3v) is 3.28. The number of nitrogens with zero attached hydrogens (tertiary/aromatic N) is 1. The molecule has 0 saturated carbocycles. The molecule has 0 aliphatic heterocycles. The van der Waals surface area contributed by atoms with Crippen molar-refractivity contribution in [3.05, 3.63) is 35.4 Å². The molecule has 1 rings (SSSR count). The monoisotopic (exact) mass is 449 g/mol. The van der Waals surface area contributed by atoms with Gasteiger partial charge < -0.3 is 20.1 Å². The fourth-order valence-corrected chi connectivity index (χ4v) is 2.19. The van der Waals surface area contributed by atoms with Crippen LogP contribution in [0.15, 0.2) is 29.3 Å². The molecule has 0 fully saturated rings. The van der Waals surface area contributed by atoms with Crippen molar-refractivity contribution in [2.24, 2.45) is 4.99 Å². The number of methoxy groups -OCH3 is 1. The lowest BCUT2D eigenvalue weighted by Crippen LogP contribution is -2.43. The first-order valence-electron chi connectivity index (χ1n) is 8.39. The zero-order chi connectivity index (χ0) is 16.9. The van der Waals surface area contributed by atoms with Gasteiger partial charge in [0.25, 0.3) is 0 Å². The number of rotatable bonds is 10. The summed E-state index contributed by atoms with van der Waals surface area (Å²) in [6.45, 7) is 9.78. The number of hydrogen-bond donors (Lipinski definition) is 2. The van der Waals surface area contributed by atoms with Gasteiger partial charge in [-0.3, -0.25) is 0 Å². The van der Waals surface area contributed by atoms with Gasteiger partial charge in [-0.2, -0.15) is 0 Å². The maximum atomic E-state index is 5.66. The average molecular weight is 449 g/mol. The van der Waals surface area contributed by atoms with Crippen LogP contribution in [0.2, 0.25) is 0 Å². The van der Waals surface area contributed by atoms with Crippen molar-refractivity contribution in [2.45, 2.75) is 46.4 Å². The van der Waals surface area contributed by atoms with Crippen LogP contribution in [0.5, 0.6) is 0 Å². The molecular weight excluding hydrogens is 417 g/mol. The number of nitrogens with one attached hydrogen (secondary N) is 2.